The van der Waals surface area contributed by atoms with Gasteiger partial charge >= 0.3 is 0 Å². The van der Waals surface area contributed by atoms with Gasteiger partial charge in [-0.3, -0.25) is 0 Å². The molecule has 0 unspecified atom stereocenters. The second-order valence-electron chi connectivity index (χ2n) is 5.82. The monoisotopic (exact) mass is 486 g/mol. The SMILES string of the molecule is CCN(CC)C(=S)SSc1ccc(SSC(=S)N(CC)CC)c2ccccc12. The van der Waals surface area contributed by atoms with Gasteiger partial charge in [0.1, 0.15) is 8.64 Å². The third kappa shape index (κ3) is 6.44. The summed E-state index contributed by atoms with van der Waals surface area (Å²) in [6.07, 6.45) is 0. The van der Waals surface area contributed by atoms with Crippen LogP contribution in [0.15, 0.2) is 46.2 Å². The predicted molar refractivity (Wildman–Crippen MR) is 142 cm³/mol. The van der Waals surface area contributed by atoms with Gasteiger partial charge in [0.15, 0.2) is 0 Å². The molecule has 0 N–H and O–H groups in total. The average Bonchev–Trinajstić information content (AvgIpc) is 2.72. The van der Waals surface area contributed by atoms with Gasteiger partial charge in [-0.25, -0.2) is 0 Å². The van der Waals surface area contributed by atoms with Crippen molar-refractivity contribution in [1.29, 1.82) is 0 Å². The third-order valence-electron chi connectivity index (χ3n) is 4.29. The number of nitrogens with zero attached hydrogens (tertiary/aromatic N) is 2. The summed E-state index contributed by atoms with van der Waals surface area (Å²) in [5.41, 5.74) is 0. The van der Waals surface area contributed by atoms with Crippen LogP contribution in [0.2, 0.25) is 0 Å². The molecule has 0 bridgehead atoms. The second kappa shape index (κ2) is 12.5. The van der Waals surface area contributed by atoms with Crippen LogP contribution in [0.1, 0.15) is 27.7 Å². The molecule has 0 aliphatic heterocycles. The Morgan fingerprint density at radius 2 is 1.04 bits per heavy atom. The number of rotatable bonds is 8. The summed E-state index contributed by atoms with van der Waals surface area (Å²) in [5.74, 6) is 0. The lowest BCUT2D eigenvalue weighted by Crippen LogP contribution is -2.25. The van der Waals surface area contributed by atoms with Crippen molar-refractivity contribution in [3.63, 3.8) is 0 Å². The van der Waals surface area contributed by atoms with E-state index < -0.39 is 0 Å². The van der Waals surface area contributed by atoms with Crippen LogP contribution in [0.3, 0.4) is 0 Å². The van der Waals surface area contributed by atoms with Gasteiger partial charge in [0.2, 0.25) is 0 Å². The van der Waals surface area contributed by atoms with Crippen molar-refractivity contribution in [3.8, 4) is 0 Å². The van der Waals surface area contributed by atoms with Crippen LogP contribution in [0.4, 0.5) is 0 Å². The van der Waals surface area contributed by atoms with Gasteiger partial charge in [0.25, 0.3) is 0 Å². The summed E-state index contributed by atoms with van der Waals surface area (Å²) < 4.78 is 1.88. The van der Waals surface area contributed by atoms with E-state index >= 15 is 0 Å². The van der Waals surface area contributed by atoms with E-state index in [1.165, 1.54) is 20.6 Å². The molecule has 8 heteroatoms. The van der Waals surface area contributed by atoms with E-state index in [0.29, 0.717) is 0 Å². The van der Waals surface area contributed by atoms with Crippen LogP contribution in [0.5, 0.6) is 0 Å². The minimum Gasteiger partial charge on any atom is -0.357 e. The van der Waals surface area contributed by atoms with E-state index in [4.69, 9.17) is 24.4 Å². The zero-order valence-corrected chi connectivity index (χ0v) is 21.5. The Morgan fingerprint density at radius 3 is 1.36 bits per heavy atom. The summed E-state index contributed by atoms with van der Waals surface area (Å²) in [7, 11) is 6.83. The maximum Gasteiger partial charge on any atom is 0.147 e. The van der Waals surface area contributed by atoms with Crippen molar-refractivity contribution in [2.75, 3.05) is 26.2 Å². The number of thiocarbonyl (C=S) groups is 2. The maximum atomic E-state index is 5.58. The molecular formula is C20H26N2S6. The Hall–Kier alpha value is -0.120. The maximum absolute atomic E-state index is 5.58. The molecule has 0 atom stereocenters. The molecule has 152 valence electrons. The minimum atomic E-state index is 0.942. The summed E-state index contributed by atoms with van der Waals surface area (Å²) in [6.45, 7) is 12.4. The summed E-state index contributed by atoms with van der Waals surface area (Å²) >= 11 is 11.2. The zero-order valence-electron chi connectivity index (χ0n) is 16.6. The molecule has 0 spiro atoms. The van der Waals surface area contributed by atoms with Crippen LogP contribution < -0.4 is 0 Å². The van der Waals surface area contributed by atoms with Gasteiger partial charge in [0, 0.05) is 36.0 Å². The molecule has 0 aliphatic rings. The van der Waals surface area contributed by atoms with E-state index in [2.05, 4.69) is 73.9 Å². The van der Waals surface area contributed by atoms with Gasteiger partial charge in [-0.1, -0.05) is 48.7 Å². The Morgan fingerprint density at radius 1 is 0.679 bits per heavy atom. The van der Waals surface area contributed by atoms with E-state index in [0.717, 1.165) is 34.8 Å². The molecule has 0 radical (unpaired) electrons. The molecule has 0 saturated heterocycles. The summed E-state index contributed by atoms with van der Waals surface area (Å²) in [6, 6.07) is 13.0. The molecule has 0 amide bonds. The number of benzene rings is 2. The molecule has 0 heterocycles. The van der Waals surface area contributed by atoms with Gasteiger partial charge in [-0.05, 0) is 93.8 Å². The molecule has 0 fully saturated rings. The quantitative estimate of drug-likeness (QED) is 0.275. The smallest absolute Gasteiger partial charge is 0.147 e. The van der Waals surface area contributed by atoms with Crippen molar-refractivity contribution in [2.24, 2.45) is 0 Å². The Labute approximate surface area is 195 Å². The van der Waals surface area contributed by atoms with Crippen molar-refractivity contribution >= 4 is 87.0 Å². The topological polar surface area (TPSA) is 6.48 Å². The Balaban J connectivity index is 2.16. The van der Waals surface area contributed by atoms with Gasteiger partial charge in [0.05, 0.1) is 0 Å². The highest BCUT2D eigenvalue weighted by atomic mass is 33.1. The van der Waals surface area contributed by atoms with E-state index in [-0.39, 0.29) is 0 Å². The largest absolute Gasteiger partial charge is 0.357 e. The lowest BCUT2D eigenvalue weighted by atomic mass is 10.1. The molecule has 28 heavy (non-hydrogen) atoms. The van der Waals surface area contributed by atoms with Crippen molar-refractivity contribution in [2.45, 2.75) is 37.5 Å². The molecular weight excluding hydrogens is 461 g/mol. The molecule has 0 aromatic heterocycles. The first-order valence-electron chi connectivity index (χ1n) is 9.34. The molecule has 2 aromatic rings. The fourth-order valence-electron chi connectivity index (χ4n) is 2.62. The molecule has 0 aliphatic carbocycles. The Kier molecular flexibility index (Phi) is 10.8. The zero-order chi connectivity index (χ0) is 20.5. The first-order chi connectivity index (χ1) is 13.5. The molecule has 2 aromatic carbocycles. The van der Waals surface area contributed by atoms with Crippen LogP contribution in [0.25, 0.3) is 10.8 Å². The third-order valence-corrected chi connectivity index (χ3v) is 10.5. The normalized spacial score (nSPS) is 10.9. The van der Waals surface area contributed by atoms with Gasteiger partial charge in [-0.15, -0.1) is 0 Å². The highest BCUT2D eigenvalue weighted by Crippen LogP contribution is 2.43. The van der Waals surface area contributed by atoms with E-state index in [1.807, 2.05) is 0 Å². The second-order valence-corrected chi connectivity index (χ2v) is 11.4. The molecule has 2 rings (SSSR count). The Bertz CT molecular complexity index is 736. The highest BCUT2D eigenvalue weighted by molar-refractivity contribution is 8.84. The first-order valence-corrected chi connectivity index (χ1v) is 14.5. The molecule has 0 saturated carbocycles. The lowest BCUT2D eigenvalue weighted by molar-refractivity contribution is 0.482. The number of hydrogen-bond acceptors (Lipinski definition) is 6. The van der Waals surface area contributed by atoms with Crippen molar-refractivity contribution in [1.82, 2.24) is 9.80 Å². The van der Waals surface area contributed by atoms with Crippen molar-refractivity contribution < 1.29 is 0 Å². The van der Waals surface area contributed by atoms with Crippen LogP contribution >= 0.6 is 67.6 Å². The average molecular weight is 487 g/mol. The van der Waals surface area contributed by atoms with E-state index in [1.54, 1.807) is 43.2 Å². The van der Waals surface area contributed by atoms with E-state index in [9.17, 15) is 0 Å². The fourth-order valence-corrected chi connectivity index (χ4v) is 8.05. The first kappa shape index (κ1) is 24.2. The van der Waals surface area contributed by atoms with Gasteiger partial charge in [-0.2, -0.15) is 0 Å². The van der Waals surface area contributed by atoms with Crippen LogP contribution in [-0.2, 0) is 0 Å². The van der Waals surface area contributed by atoms with Gasteiger partial charge < -0.3 is 9.80 Å². The summed E-state index contributed by atoms with van der Waals surface area (Å²) in [5, 5.41) is 2.53. The number of fused-ring (bicyclic) bond motifs is 1. The van der Waals surface area contributed by atoms with Crippen LogP contribution in [-0.4, -0.2) is 44.6 Å². The standard InChI is InChI=1S/C20H26N2S6/c1-5-21(6-2)19(23)27-25-17-13-14-18(16-12-10-9-11-15(16)17)26-28-20(24)22(7-3)8-4/h9-14H,5-8H2,1-4H3. The molecule has 2 nitrogen and oxygen atoms in total. The van der Waals surface area contributed by atoms with Crippen LogP contribution in [0, 0.1) is 0 Å². The summed E-state index contributed by atoms with van der Waals surface area (Å²) in [4.78, 5) is 6.92. The highest BCUT2D eigenvalue weighted by Gasteiger charge is 2.13. The predicted octanol–water partition coefficient (Wildman–Crippen LogP) is 7.57. The number of hydrogen-bond donors (Lipinski definition) is 0. The van der Waals surface area contributed by atoms with Crippen molar-refractivity contribution in [3.05, 3.63) is 36.4 Å². The lowest BCUT2D eigenvalue weighted by Gasteiger charge is -2.21. The minimum absolute atomic E-state index is 0.942. The fraction of sp³-hybridized carbons (Fsp3) is 0.400.